The Labute approximate surface area is 101 Å². The van der Waals surface area contributed by atoms with Gasteiger partial charge < -0.3 is 4.98 Å². The molecule has 2 heterocycles. The zero-order valence-corrected chi connectivity index (χ0v) is 9.90. The minimum atomic E-state index is 0.848. The smallest absolute Gasteiger partial charge is 0.142 e. The average Bonchev–Trinajstić information content (AvgIpc) is 2.73. The largest absolute Gasteiger partial charge is 0.345 e. The summed E-state index contributed by atoms with van der Waals surface area (Å²) >= 11 is 3.50. The summed E-state index contributed by atoms with van der Waals surface area (Å²) in [7, 11) is 0. The van der Waals surface area contributed by atoms with Gasteiger partial charge in [0, 0.05) is 16.2 Å². The van der Waals surface area contributed by atoms with E-state index in [1.165, 1.54) is 0 Å². The summed E-state index contributed by atoms with van der Waals surface area (Å²) in [4.78, 5) is 11.6. The molecule has 3 nitrogen and oxygen atoms in total. The van der Waals surface area contributed by atoms with Crippen LogP contribution in [0.2, 0.25) is 0 Å². The Hall–Kier alpha value is -1.68. The lowest BCUT2D eigenvalue weighted by atomic mass is 10.1. The van der Waals surface area contributed by atoms with Gasteiger partial charge in [-0.3, -0.25) is 0 Å². The number of nitrogens with one attached hydrogen (secondary N) is 1. The minimum Gasteiger partial charge on any atom is -0.345 e. The summed E-state index contributed by atoms with van der Waals surface area (Å²) < 4.78 is 0.988. The molecule has 0 aliphatic heterocycles. The summed E-state index contributed by atoms with van der Waals surface area (Å²) in [5.41, 5.74) is 2.88. The lowest BCUT2D eigenvalue weighted by Gasteiger charge is -2.01. The van der Waals surface area contributed by atoms with E-state index in [0.717, 1.165) is 26.8 Å². The van der Waals surface area contributed by atoms with E-state index in [-0.39, 0.29) is 0 Å². The van der Waals surface area contributed by atoms with E-state index in [0.29, 0.717) is 0 Å². The van der Waals surface area contributed by atoms with Crippen molar-refractivity contribution in [2.24, 2.45) is 0 Å². The van der Waals surface area contributed by atoms with Gasteiger partial charge in [-0.2, -0.15) is 0 Å². The third-order valence-corrected chi connectivity index (χ3v) is 3.09. The van der Waals surface area contributed by atoms with Crippen LogP contribution in [0, 0.1) is 0 Å². The second kappa shape index (κ2) is 3.72. The standard InChI is InChI=1S/C12H8BrN3/c13-9-6-14-12-10(9)11(15-7-16-12)8-4-2-1-3-5-8/h1-7H,(H,14,15,16). The van der Waals surface area contributed by atoms with Crippen molar-refractivity contribution in [2.75, 3.05) is 0 Å². The van der Waals surface area contributed by atoms with E-state index in [2.05, 4.69) is 30.9 Å². The zero-order valence-electron chi connectivity index (χ0n) is 8.31. The van der Waals surface area contributed by atoms with Gasteiger partial charge in [0.1, 0.15) is 12.0 Å². The van der Waals surface area contributed by atoms with E-state index >= 15 is 0 Å². The maximum atomic E-state index is 4.35. The molecule has 0 saturated carbocycles. The van der Waals surface area contributed by atoms with Gasteiger partial charge in [0.05, 0.1) is 11.1 Å². The number of benzene rings is 1. The fraction of sp³-hybridized carbons (Fsp3) is 0. The monoisotopic (exact) mass is 273 g/mol. The van der Waals surface area contributed by atoms with Crippen LogP contribution in [0.4, 0.5) is 0 Å². The minimum absolute atomic E-state index is 0.848. The maximum absolute atomic E-state index is 4.35. The van der Waals surface area contributed by atoms with Crippen LogP contribution in [-0.4, -0.2) is 15.0 Å². The zero-order chi connectivity index (χ0) is 11.0. The van der Waals surface area contributed by atoms with Crippen molar-refractivity contribution < 1.29 is 0 Å². The molecular formula is C12H8BrN3. The summed E-state index contributed by atoms with van der Waals surface area (Å²) in [6.07, 6.45) is 3.46. The van der Waals surface area contributed by atoms with Crippen LogP contribution in [0.15, 0.2) is 47.3 Å². The van der Waals surface area contributed by atoms with Gasteiger partial charge >= 0.3 is 0 Å². The highest BCUT2D eigenvalue weighted by Gasteiger charge is 2.10. The molecule has 0 saturated heterocycles. The molecule has 3 rings (SSSR count). The van der Waals surface area contributed by atoms with Gasteiger partial charge in [-0.1, -0.05) is 30.3 Å². The molecule has 2 aromatic heterocycles. The number of nitrogens with zero attached hydrogens (tertiary/aromatic N) is 2. The molecule has 0 atom stereocenters. The number of hydrogen-bond donors (Lipinski definition) is 1. The first kappa shape index (κ1) is 9.54. The maximum Gasteiger partial charge on any atom is 0.142 e. The molecule has 4 heteroatoms. The number of halogens is 1. The number of rotatable bonds is 1. The van der Waals surface area contributed by atoms with Crippen LogP contribution in [-0.2, 0) is 0 Å². The average molecular weight is 274 g/mol. The second-order valence-electron chi connectivity index (χ2n) is 3.45. The third-order valence-electron chi connectivity index (χ3n) is 2.47. The number of aromatic amines is 1. The number of fused-ring (bicyclic) bond motifs is 1. The van der Waals surface area contributed by atoms with Crippen LogP contribution in [0.1, 0.15) is 0 Å². The van der Waals surface area contributed by atoms with Gasteiger partial charge in [-0.25, -0.2) is 9.97 Å². The van der Waals surface area contributed by atoms with Crippen LogP contribution in [0.5, 0.6) is 0 Å². The highest BCUT2D eigenvalue weighted by atomic mass is 79.9. The fourth-order valence-corrected chi connectivity index (χ4v) is 2.23. The molecule has 0 radical (unpaired) electrons. The molecule has 3 aromatic rings. The van der Waals surface area contributed by atoms with Crippen molar-refractivity contribution >= 4 is 27.0 Å². The second-order valence-corrected chi connectivity index (χ2v) is 4.30. The lowest BCUT2D eigenvalue weighted by Crippen LogP contribution is -1.87. The lowest BCUT2D eigenvalue weighted by molar-refractivity contribution is 1.20. The van der Waals surface area contributed by atoms with Gasteiger partial charge in [-0.15, -0.1) is 0 Å². The molecule has 0 fully saturated rings. The summed E-state index contributed by atoms with van der Waals surface area (Å²) in [5, 5.41) is 1.02. The fourth-order valence-electron chi connectivity index (χ4n) is 1.74. The molecule has 78 valence electrons. The number of H-pyrrole nitrogens is 1. The first-order valence-corrected chi connectivity index (χ1v) is 5.68. The first-order valence-electron chi connectivity index (χ1n) is 4.89. The molecule has 0 aliphatic carbocycles. The van der Waals surface area contributed by atoms with Crippen LogP contribution >= 0.6 is 15.9 Å². The highest BCUT2D eigenvalue weighted by Crippen LogP contribution is 2.30. The quantitative estimate of drug-likeness (QED) is 0.739. The molecular weight excluding hydrogens is 266 g/mol. The highest BCUT2D eigenvalue weighted by molar-refractivity contribution is 9.10. The Morgan fingerprint density at radius 1 is 1.06 bits per heavy atom. The van der Waals surface area contributed by atoms with Gasteiger partial charge in [0.2, 0.25) is 0 Å². The molecule has 0 amide bonds. The van der Waals surface area contributed by atoms with Crippen LogP contribution in [0.25, 0.3) is 22.3 Å². The molecule has 0 bridgehead atoms. The molecule has 1 aromatic carbocycles. The van der Waals surface area contributed by atoms with Crippen molar-refractivity contribution in [1.82, 2.24) is 15.0 Å². The molecule has 0 spiro atoms. The Balaban J connectivity index is 2.36. The topological polar surface area (TPSA) is 41.6 Å². The van der Waals surface area contributed by atoms with Crippen LogP contribution < -0.4 is 0 Å². The van der Waals surface area contributed by atoms with Crippen molar-refractivity contribution in [3.63, 3.8) is 0 Å². The van der Waals surface area contributed by atoms with E-state index < -0.39 is 0 Å². The predicted octanol–water partition coefficient (Wildman–Crippen LogP) is 3.39. The first-order chi connectivity index (χ1) is 7.86. The van der Waals surface area contributed by atoms with Crippen molar-refractivity contribution in [2.45, 2.75) is 0 Å². The number of hydrogen-bond acceptors (Lipinski definition) is 2. The molecule has 0 unspecified atom stereocenters. The van der Waals surface area contributed by atoms with E-state index in [4.69, 9.17) is 0 Å². The Bertz CT molecular complexity index is 631. The van der Waals surface area contributed by atoms with E-state index in [1.54, 1.807) is 6.33 Å². The molecule has 1 N–H and O–H groups in total. The van der Waals surface area contributed by atoms with Gasteiger partial charge in [-0.05, 0) is 15.9 Å². The normalized spacial score (nSPS) is 10.8. The number of aromatic nitrogens is 3. The predicted molar refractivity (Wildman–Crippen MR) is 67.0 cm³/mol. The van der Waals surface area contributed by atoms with Crippen molar-refractivity contribution in [3.05, 3.63) is 47.3 Å². The Morgan fingerprint density at radius 3 is 2.69 bits per heavy atom. The summed E-state index contributed by atoms with van der Waals surface area (Å²) in [5.74, 6) is 0. The summed E-state index contributed by atoms with van der Waals surface area (Å²) in [6, 6.07) is 10.1. The van der Waals surface area contributed by atoms with Crippen molar-refractivity contribution in [1.29, 1.82) is 0 Å². The van der Waals surface area contributed by atoms with E-state index in [1.807, 2.05) is 36.5 Å². The van der Waals surface area contributed by atoms with Crippen molar-refractivity contribution in [3.8, 4) is 11.3 Å². The SMILES string of the molecule is Brc1c[nH]c2ncnc(-c3ccccc3)c12. The van der Waals surface area contributed by atoms with Gasteiger partial charge in [0.25, 0.3) is 0 Å². The van der Waals surface area contributed by atoms with Gasteiger partial charge in [0.15, 0.2) is 0 Å². The van der Waals surface area contributed by atoms with Crippen LogP contribution in [0.3, 0.4) is 0 Å². The Kier molecular flexibility index (Phi) is 2.22. The Morgan fingerprint density at radius 2 is 1.88 bits per heavy atom. The van der Waals surface area contributed by atoms with E-state index in [9.17, 15) is 0 Å². The summed E-state index contributed by atoms with van der Waals surface area (Å²) in [6.45, 7) is 0. The third kappa shape index (κ3) is 1.42. The molecule has 0 aliphatic rings. The molecule has 16 heavy (non-hydrogen) atoms.